The molecule has 0 spiro atoms. The molecule has 1 amide bonds. The van der Waals surface area contributed by atoms with Gasteiger partial charge in [-0.1, -0.05) is 12.8 Å². The second-order valence-corrected chi connectivity index (χ2v) is 5.14. The van der Waals surface area contributed by atoms with Gasteiger partial charge in [0.05, 0.1) is 0 Å². The highest BCUT2D eigenvalue weighted by molar-refractivity contribution is 6.25. The molecule has 0 radical (unpaired) electrons. The Labute approximate surface area is 121 Å². The molecule has 21 heavy (non-hydrogen) atoms. The van der Waals surface area contributed by atoms with Gasteiger partial charge in [-0.15, -0.1) is 0 Å². The van der Waals surface area contributed by atoms with Crippen LogP contribution in [0.25, 0.3) is 5.53 Å². The summed E-state index contributed by atoms with van der Waals surface area (Å²) in [5.41, 5.74) is 8.18. The number of carbonyl (C=O) groups is 3. The van der Waals surface area contributed by atoms with Crippen LogP contribution >= 0.6 is 0 Å². The summed E-state index contributed by atoms with van der Waals surface area (Å²) in [7, 11) is 0. The molecule has 116 valence electrons. The van der Waals surface area contributed by atoms with E-state index in [9.17, 15) is 19.5 Å². The van der Waals surface area contributed by atoms with E-state index in [1.54, 1.807) is 0 Å². The van der Waals surface area contributed by atoms with E-state index in [1.165, 1.54) is 0 Å². The molecule has 1 fully saturated rings. The highest BCUT2D eigenvalue weighted by atomic mass is 16.4. The summed E-state index contributed by atoms with van der Waals surface area (Å²) in [6, 6.07) is -1.26. The lowest BCUT2D eigenvalue weighted by molar-refractivity contribution is -0.144. The van der Waals surface area contributed by atoms with E-state index in [0.717, 1.165) is 25.7 Å². The van der Waals surface area contributed by atoms with Crippen LogP contribution < -0.4 is 5.32 Å². The quantitative estimate of drug-likeness (QED) is 0.322. The summed E-state index contributed by atoms with van der Waals surface area (Å²) in [6.45, 7) is 0. The zero-order valence-corrected chi connectivity index (χ0v) is 11.6. The van der Waals surface area contributed by atoms with Crippen molar-refractivity contribution < 1.29 is 29.4 Å². The number of nitrogens with zero attached hydrogens (tertiary/aromatic N) is 2. The lowest BCUT2D eigenvalue weighted by Gasteiger charge is -2.20. The number of rotatable bonds is 8. The van der Waals surface area contributed by atoms with E-state index >= 15 is 0 Å². The second kappa shape index (κ2) is 8.28. The van der Waals surface area contributed by atoms with Gasteiger partial charge in [0.25, 0.3) is 0 Å². The fraction of sp³-hybridized carbons (Fsp3) is 0.692. The second-order valence-electron chi connectivity index (χ2n) is 5.14. The maximum absolute atomic E-state index is 11.8. The molecule has 8 heteroatoms. The largest absolute Gasteiger partial charge is 0.480 e. The molecule has 1 rings (SSSR count). The van der Waals surface area contributed by atoms with Crippen molar-refractivity contribution in [1.29, 1.82) is 0 Å². The zero-order chi connectivity index (χ0) is 15.8. The number of aliphatic hydroxyl groups excluding tert-OH is 1. The van der Waals surface area contributed by atoms with Gasteiger partial charge in [-0.2, -0.15) is 4.79 Å². The van der Waals surface area contributed by atoms with Crippen molar-refractivity contribution in [3.8, 4) is 0 Å². The molecule has 0 aromatic carbocycles. The SMILES string of the molecule is [N-]=[N+]=CC(=O)CC[C@H](NC(=O)[C@@H](O)C1CCCC1)C(=O)O. The summed E-state index contributed by atoms with van der Waals surface area (Å²) in [6.07, 6.45) is 2.54. The number of carboxylic acid groups (broad SMARTS) is 1. The first-order chi connectivity index (χ1) is 9.95. The first kappa shape index (κ1) is 17.0. The van der Waals surface area contributed by atoms with Gasteiger partial charge >= 0.3 is 12.2 Å². The van der Waals surface area contributed by atoms with Crippen LogP contribution in [0.3, 0.4) is 0 Å². The van der Waals surface area contributed by atoms with Crippen LogP contribution in [0.1, 0.15) is 38.5 Å². The van der Waals surface area contributed by atoms with Crippen LogP contribution in [0.15, 0.2) is 0 Å². The van der Waals surface area contributed by atoms with Gasteiger partial charge in [0.15, 0.2) is 0 Å². The van der Waals surface area contributed by atoms with Crippen molar-refractivity contribution in [2.45, 2.75) is 50.7 Å². The molecule has 2 atom stereocenters. The lowest BCUT2D eigenvalue weighted by atomic mass is 9.99. The summed E-state index contributed by atoms with van der Waals surface area (Å²) in [5, 5.41) is 21.1. The van der Waals surface area contributed by atoms with Gasteiger partial charge < -0.3 is 21.1 Å². The van der Waals surface area contributed by atoms with Crippen molar-refractivity contribution in [2.75, 3.05) is 0 Å². The number of amides is 1. The average molecular weight is 297 g/mol. The standard InChI is InChI=1S/C13H19N3O5/c14-15-7-9(17)5-6-10(13(20)21)16-12(19)11(18)8-3-1-2-4-8/h7-8,10-11,18H,1-6H2,(H,16,19)(H,20,21)/t10-,11-/m0/s1. The molecular weight excluding hydrogens is 278 g/mol. The van der Waals surface area contributed by atoms with Gasteiger partial charge in [-0.05, 0) is 25.2 Å². The topological polar surface area (TPSA) is 140 Å². The third kappa shape index (κ3) is 5.45. The monoisotopic (exact) mass is 297 g/mol. The van der Waals surface area contributed by atoms with Crippen molar-refractivity contribution in [2.24, 2.45) is 5.92 Å². The van der Waals surface area contributed by atoms with Crippen LogP contribution in [0, 0.1) is 5.92 Å². The van der Waals surface area contributed by atoms with Crippen LogP contribution in [0.4, 0.5) is 0 Å². The van der Waals surface area contributed by atoms with Gasteiger partial charge in [-0.25, -0.2) is 4.79 Å². The molecule has 0 heterocycles. The van der Waals surface area contributed by atoms with Gasteiger partial charge in [0.2, 0.25) is 11.7 Å². The van der Waals surface area contributed by atoms with E-state index < -0.39 is 29.8 Å². The first-order valence-corrected chi connectivity index (χ1v) is 6.87. The van der Waals surface area contributed by atoms with Crippen molar-refractivity contribution in [1.82, 2.24) is 5.32 Å². The summed E-state index contributed by atoms with van der Waals surface area (Å²) in [4.78, 5) is 36.6. The number of aliphatic hydroxyl groups is 1. The molecule has 8 nitrogen and oxygen atoms in total. The Morgan fingerprint density at radius 2 is 1.95 bits per heavy atom. The first-order valence-electron chi connectivity index (χ1n) is 6.87. The third-order valence-corrected chi connectivity index (χ3v) is 3.61. The fourth-order valence-corrected chi connectivity index (χ4v) is 2.42. The number of Topliss-reactive ketones (excluding diaryl/α,β-unsaturated/α-hetero) is 1. The van der Waals surface area contributed by atoms with Crippen molar-refractivity contribution in [3.05, 3.63) is 5.53 Å². The predicted molar refractivity (Wildman–Crippen MR) is 71.5 cm³/mol. The van der Waals surface area contributed by atoms with Crippen LogP contribution in [0.5, 0.6) is 0 Å². The number of aliphatic carboxylic acids is 1. The Balaban J connectivity index is 2.52. The Morgan fingerprint density at radius 3 is 2.48 bits per heavy atom. The third-order valence-electron chi connectivity index (χ3n) is 3.61. The van der Waals surface area contributed by atoms with Crippen molar-refractivity contribution in [3.63, 3.8) is 0 Å². The van der Waals surface area contributed by atoms with Crippen LogP contribution in [0.2, 0.25) is 0 Å². The van der Waals surface area contributed by atoms with E-state index in [4.69, 9.17) is 10.6 Å². The number of hydrogen-bond donors (Lipinski definition) is 3. The Morgan fingerprint density at radius 1 is 1.33 bits per heavy atom. The van der Waals surface area contributed by atoms with E-state index in [-0.39, 0.29) is 18.8 Å². The van der Waals surface area contributed by atoms with Gasteiger partial charge in [0, 0.05) is 6.42 Å². The average Bonchev–Trinajstić information content (AvgIpc) is 2.96. The molecule has 0 aromatic rings. The number of carboxylic acids is 1. The maximum atomic E-state index is 11.8. The number of carbonyl (C=O) groups excluding carboxylic acids is 2. The van der Waals surface area contributed by atoms with Gasteiger partial charge in [-0.3, -0.25) is 9.59 Å². The highest BCUT2D eigenvalue weighted by Gasteiger charge is 2.31. The molecule has 3 N–H and O–H groups in total. The number of hydrogen-bond acceptors (Lipinski definition) is 4. The Kier molecular flexibility index (Phi) is 6.71. The molecule has 0 saturated heterocycles. The highest BCUT2D eigenvalue weighted by Crippen LogP contribution is 2.27. The summed E-state index contributed by atoms with van der Waals surface area (Å²) >= 11 is 0. The van der Waals surface area contributed by atoms with Crippen molar-refractivity contribution >= 4 is 23.9 Å². The Hall–Kier alpha value is -2.05. The molecule has 1 aliphatic carbocycles. The normalized spacial score (nSPS) is 17.6. The molecule has 1 aliphatic rings. The molecule has 0 aromatic heterocycles. The van der Waals surface area contributed by atoms with E-state index in [0.29, 0.717) is 6.21 Å². The maximum Gasteiger partial charge on any atom is 0.326 e. The minimum atomic E-state index is -1.28. The smallest absolute Gasteiger partial charge is 0.326 e. The molecular formula is C13H19N3O5. The summed E-state index contributed by atoms with van der Waals surface area (Å²) < 4.78 is 0. The number of nitrogens with one attached hydrogen (secondary N) is 1. The van der Waals surface area contributed by atoms with E-state index in [1.807, 2.05) is 0 Å². The molecule has 0 aliphatic heterocycles. The van der Waals surface area contributed by atoms with E-state index in [2.05, 4.69) is 10.1 Å². The molecule has 1 saturated carbocycles. The Bertz CT molecular complexity index is 453. The van der Waals surface area contributed by atoms with Crippen LogP contribution in [-0.4, -0.2) is 51.0 Å². The lowest BCUT2D eigenvalue weighted by Crippen LogP contribution is -2.47. The zero-order valence-electron chi connectivity index (χ0n) is 11.6. The minimum absolute atomic E-state index is 0.136. The molecule has 0 unspecified atom stereocenters. The van der Waals surface area contributed by atoms with Gasteiger partial charge in [0.1, 0.15) is 12.1 Å². The fourth-order valence-electron chi connectivity index (χ4n) is 2.42. The molecule has 0 bridgehead atoms. The predicted octanol–water partition coefficient (Wildman–Crippen LogP) is -0.243. The minimum Gasteiger partial charge on any atom is -0.480 e. The number of ketones is 1. The summed E-state index contributed by atoms with van der Waals surface area (Å²) in [5.74, 6) is -2.69. The van der Waals surface area contributed by atoms with Crippen LogP contribution in [-0.2, 0) is 14.4 Å².